The van der Waals surface area contributed by atoms with E-state index >= 15 is 0 Å². The van der Waals surface area contributed by atoms with Gasteiger partial charge in [0.2, 0.25) is 0 Å². The summed E-state index contributed by atoms with van der Waals surface area (Å²) in [6.45, 7) is 5.58. The number of thioether (sulfide) groups is 1. The van der Waals surface area contributed by atoms with E-state index in [0.29, 0.717) is 11.3 Å². The number of hydrogen-bond acceptors (Lipinski definition) is 2. The maximum Gasteiger partial charge on any atom is 0.157 e. The van der Waals surface area contributed by atoms with Gasteiger partial charge in [0, 0.05) is 17.8 Å². The average molecular weight is 212 g/mol. The fourth-order valence-corrected chi connectivity index (χ4v) is 3.12. The summed E-state index contributed by atoms with van der Waals surface area (Å²) in [5.74, 6) is 0.890. The molecule has 1 saturated heterocycles. The van der Waals surface area contributed by atoms with Gasteiger partial charge in [0.05, 0.1) is 0 Å². The van der Waals surface area contributed by atoms with Crippen molar-refractivity contribution in [2.24, 2.45) is 10.9 Å². The van der Waals surface area contributed by atoms with Gasteiger partial charge in [0.25, 0.3) is 0 Å². The van der Waals surface area contributed by atoms with Crippen molar-refractivity contribution in [3.8, 4) is 0 Å². The van der Waals surface area contributed by atoms with Crippen molar-refractivity contribution in [3.63, 3.8) is 0 Å². The molecule has 2 rings (SSSR count). The number of nitrogens with one attached hydrogen (secondary N) is 1. The lowest BCUT2D eigenvalue weighted by Gasteiger charge is -2.23. The second-order valence-corrected chi connectivity index (χ2v) is 5.79. The minimum atomic E-state index is 0.639. The van der Waals surface area contributed by atoms with Gasteiger partial charge in [0.15, 0.2) is 5.17 Å². The minimum absolute atomic E-state index is 0.639. The SMILES string of the molecule is CCC1NC(=NCC2CCC2)SC1C. The van der Waals surface area contributed by atoms with Gasteiger partial charge < -0.3 is 5.32 Å². The molecule has 0 aromatic heterocycles. The van der Waals surface area contributed by atoms with Crippen molar-refractivity contribution in [2.45, 2.75) is 50.8 Å². The van der Waals surface area contributed by atoms with E-state index < -0.39 is 0 Å². The molecule has 1 heterocycles. The Bertz CT molecular complexity index is 223. The molecule has 0 amide bonds. The van der Waals surface area contributed by atoms with Crippen LogP contribution in [0, 0.1) is 5.92 Å². The largest absolute Gasteiger partial charge is 0.361 e. The van der Waals surface area contributed by atoms with Crippen LogP contribution in [0.2, 0.25) is 0 Å². The van der Waals surface area contributed by atoms with Gasteiger partial charge in [-0.05, 0) is 25.2 Å². The van der Waals surface area contributed by atoms with Crippen LogP contribution in [0.25, 0.3) is 0 Å². The van der Waals surface area contributed by atoms with Crippen LogP contribution in [0.5, 0.6) is 0 Å². The van der Waals surface area contributed by atoms with Crippen LogP contribution in [0.15, 0.2) is 4.99 Å². The third-order valence-electron chi connectivity index (χ3n) is 3.33. The Labute approximate surface area is 90.9 Å². The molecule has 2 aliphatic rings. The van der Waals surface area contributed by atoms with E-state index in [4.69, 9.17) is 0 Å². The number of rotatable bonds is 3. The number of aliphatic imine (C=N–C) groups is 1. The van der Waals surface area contributed by atoms with Crippen molar-refractivity contribution in [1.29, 1.82) is 0 Å². The molecule has 0 bridgehead atoms. The summed E-state index contributed by atoms with van der Waals surface area (Å²) in [4.78, 5) is 4.66. The summed E-state index contributed by atoms with van der Waals surface area (Å²) in [7, 11) is 0. The molecule has 2 unspecified atom stereocenters. The summed E-state index contributed by atoms with van der Waals surface area (Å²) in [6, 6.07) is 0.639. The highest BCUT2D eigenvalue weighted by Crippen LogP contribution is 2.28. The van der Waals surface area contributed by atoms with Gasteiger partial charge in [-0.3, -0.25) is 4.99 Å². The van der Waals surface area contributed by atoms with Gasteiger partial charge in [-0.25, -0.2) is 0 Å². The number of nitrogens with zero attached hydrogens (tertiary/aromatic N) is 1. The molecule has 1 aliphatic heterocycles. The molecule has 0 spiro atoms. The van der Waals surface area contributed by atoms with E-state index in [2.05, 4.69) is 24.2 Å². The fraction of sp³-hybridized carbons (Fsp3) is 0.909. The molecular weight excluding hydrogens is 192 g/mol. The van der Waals surface area contributed by atoms with Crippen LogP contribution in [0.4, 0.5) is 0 Å². The Morgan fingerprint density at radius 3 is 2.79 bits per heavy atom. The average Bonchev–Trinajstić information content (AvgIpc) is 2.44. The van der Waals surface area contributed by atoms with Gasteiger partial charge in [0.1, 0.15) is 0 Å². The zero-order chi connectivity index (χ0) is 9.97. The third-order valence-corrected chi connectivity index (χ3v) is 4.50. The maximum atomic E-state index is 4.66. The molecule has 80 valence electrons. The monoisotopic (exact) mass is 212 g/mol. The molecular formula is C11H20N2S. The molecule has 14 heavy (non-hydrogen) atoms. The van der Waals surface area contributed by atoms with Crippen molar-refractivity contribution >= 4 is 16.9 Å². The van der Waals surface area contributed by atoms with Gasteiger partial charge in [-0.2, -0.15) is 0 Å². The van der Waals surface area contributed by atoms with Crippen LogP contribution in [0.3, 0.4) is 0 Å². The Kier molecular flexibility index (Phi) is 3.37. The smallest absolute Gasteiger partial charge is 0.157 e. The van der Waals surface area contributed by atoms with Crippen LogP contribution >= 0.6 is 11.8 Å². The summed E-state index contributed by atoms with van der Waals surface area (Å²) in [5.41, 5.74) is 0. The van der Waals surface area contributed by atoms with Crippen molar-refractivity contribution in [2.75, 3.05) is 6.54 Å². The molecule has 3 heteroatoms. The van der Waals surface area contributed by atoms with E-state index in [0.717, 1.165) is 12.5 Å². The van der Waals surface area contributed by atoms with Crippen molar-refractivity contribution in [3.05, 3.63) is 0 Å². The van der Waals surface area contributed by atoms with Gasteiger partial charge >= 0.3 is 0 Å². The zero-order valence-electron chi connectivity index (χ0n) is 9.12. The maximum absolute atomic E-state index is 4.66. The fourth-order valence-electron chi connectivity index (χ4n) is 1.97. The van der Waals surface area contributed by atoms with E-state index in [1.165, 1.54) is 30.9 Å². The highest BCUT2D eigenvalue weighted by molar-refractivity contribution is 8.14. The summed E-state index contributed by atoms with van der Waals surface area (Å²) in [5, 5.41) is 5.39. The Morgan fingerprint density at radius 1 is 1.50 bits per heavy atom. The van der Waals surface area contributed by atoms with Crippen LogP contribution in [0.1, 0.15) is 39.5 Å². The normalized spacial score (nSPS) is 35.7. The van der Waals surface area contributed by atoms with Crippen molar-refractivity contribution in [1.82, 2.24) is 5.32 Å². The summed E-state index contributed by atoms with van der Waals surface area (Å²) >= 11 is 1.91. The van der Waals surface area contributed by atoms with Crippen LogP contribution < -0.4 is 5.32 Å². The zero-order valence-corrected chi connectivity index (χ0v) is 9.94. The first kappa shape index (κ1) is 10.3. The predicted molar refractivity (Wildman–Crippen MR) is 63.9 cm³/mol. The number of hydrogen-bond donors (Lipinski definition) is 1. The molecule has 1 N–H and O–H groups in total. The summed E-state index contributed by atoms with van der Waals surface area (Å²) in [6.07, 6.45) is 5.42. The summed E-state index contributed by atoms with van der Waals surface area (Å²) < 4.78 is 0. The Morgan fingerprint density at radius 2 is 2.29 bits per heavy atom. The first-order valence-corrected chi connectivity index (χ1v) is 6.65. The molecule has 0 aromatic carbocycles. The van der Waals surface area contributed by atoms with E-state index in [1.54, 1.807) is 0 Å². The second kappa shape index (κ2) is 4.56. The first-order chi connectivity index (χ1) is 6.79. The minimum Gasteiger partial charge on any atom is -0.361 e. The lowest BCUT2D eigenvalue weighted by molar-refractivity contribution is 0.326. The topological polar surface area (TPSA) is 24.4 Å². The molecule has 0 aromatic rings. The van der Waals surface area contributed by atoms with Crippen molar-refractivity contribution < 1.29 is 0 Å². The quantitative estimate of drug-likeness (QED) is 0.778. The first-order valence-electron chi connectivity index (χ1n) is 5.77. The highest BCUT2D eigenvalue weighted by atomic mass is 32.2. The molecule has 0 radical (unpaired) electrons. The number of amidine groups is 1. The van der Waals surface area contributed by atoms with Crippen LogP contribution in [-0.4, -0.2) is 23.0 Å². The molecule has 1 saturated carbocycles. The second-order valence-electron chi connectivity index (χ2n) is 4.42. The highest BCUT2D eigenvalue weighted by Gasteiger charge is 2.27. The van der Waals surface area contributed by atoms with E-state index in [9.17, 15) is 0 Å². The van der Waals surface area contributed by atoms with Gasteiger partial charge in [-0.1, -0.05) is 32.0 Å². The molecule has 2 fully saturated rings. The molecule has 2 nitrogen and oxygen atoms in total. The molecule has 1 aliphatic carbocycles. The standard InChI is InChI=1S/C11H20N2S/c1-3-10-8(2)14-11(13-10)12-7-9-5-4-6-9/h8-10H,3-7H2,1-2H3,(H,12,13). The van der Waals surface area contributed by atoms with E-state index in [1.807, 2.05) is 11.8 Å². The third kappa shape index (κ3) is 2.25. The van der Waals surface area contributed by atoms with Gasteiger partial charge in [-0.15, -0.1) is 0 Å². The lowest BCUT2D eigenvalue weighted by Crippen LogP contribution is -2.29. The Balaban J connectivity index is 1.80. The Hall–Kier alpha value is -0.180. The molecule has 2 atom stereocenters. The van der Waals surface area contributed by atoms with E-state index in [-0.39, 0.29) is 0 Å². The predicted octanol–water partition coefficient (Wildman–Crippen LogP) is 2.65. The lowest BCUT2D eigenvalue weighted by atomic mass is 9.86. The van der Waals surface area contributed by atoms with Crippen LogP contribution in [-0.2, 0) is 0 Å².